The maximum atomic E-state index is 9.43. The Morgan fingerprint density at radius 3 is 2.45 bits per heavy atom. The summed E-state index contributed by atoms with van der Waals surface area (Å²) in [6.45, 7) is 7.78. The molecule has 0 saturated heterocycles. The van der Waals surface area contributed by atoms with Gasteiger partial charge in [0.15, 0.2) is 5.82 Å². The van der Waals surface area contributed by atoms with Crippen molar-refractivity contribution >= 4 is 5.69 Å². The van der Waals surface area contributed by atoms with Crippen LogP contribution in [-0.2, 0) is 4.74 Å². The highest BCUT2D eigenvalue weighted by Gasteiger charge is 2.15. The Kier molecular flexibility index (Phi) is 7.21. The number of nitrogens with zero attached hydrogens (tertiary/aromatic N) is 3. The number of rotatable bonds is 10. The van der Waals surface area contributed by atoms with Gasteiger partial charge in [0.1, 0.15) is 6.61 Å². The van der Waals surface area contributed by atoms with Crippen molar-refractivity contribution < 1.29 is 14.6 Å². The number of aliphatic hydroxyl groups excluding tert-OH is 1. The zero-order valence-electron chi connectivity index (χ0n) is 17.1. The van der Waals surface area contributed by atoms with Crippen LogP contribution in [0.3, 0.4) is 0 Å². The minimum atomic E-state index is -0.408. The summed E-state index contributed by atoms with van der Waals surface area (Å²) in [4.78, 5) is 4.59. The highest BCUT2D eigenvalue weighted by Crippen LogP contribution is 2.24. The molecule has 1 aromatic heterocycles. The zero-order valence-corrected chi connectivity index (χ0v) is 17.1. The van der Waals surface area contributed by atoms with Crippen LogP contribution in [0.2, 0.25) is 0 Å². The van der Waals surface area contributed by atoms with Crippen LogP contribution in [0, 0.1) is 6.92 Å². The van der Waals surface area contributed by atoms with E-state index in [1.165, 1.54) is 5.56 Å². The minimum absolute atomic E-state index is 0.316. The Balaban J connectivity index is 1.86. The number of ether oxygens (including phenoxy) is 2. The third kappa shape index (κ3) is 5.79. The lowest BCUT2D eigenvalue weighted by Crippen LogP contribution is -2.15. The largest absolute Gasteiger partial charge is 0.460 e. The summed E-state index contributed by atoms with van der Waals surface area (Å²) in [5.41, 5.74) is 3.94. The number of hydrogen-bond donors (Lipinski definition) is 2. The average molecular weight is 396 g/mol. The first kappa shape index (κ1) is 20.8. The van der Waals surface area contributed by atoms with Crippen molar-refractivity contribution in [3.05, 3.63) is 54.1 Å². The number of benzene rings is 2. The lowest BCUT2D eigenvalue weighted by Gasteiger charge is -2.10. The molecular weight excluding hydrogens is 368 g/mol. The molecule has 0 fully saturated rings. The van der Waals surface area contributed by atoms with Crippen molar-refractivity contribution in [3.63, 3.8) is 0 Å². The van der Waals surface area contributed by atoms with E-state index in [0.29, 0.717) is 38.2 Å². The van der Waals surface area contributed by atoms with E-state index >= 15 is 0 Å². The number of anilines is 1. The topological polar surface area (TPSA) is 81.4 Å². The van der Waals surface area contributed by atoms with Crippen LogP contribution in [0.15, 0.2) is 48.5 Å². The number of hydrogen-bond acceptors (Lipinski definition) is 6. The molecule has 0 radical (unpaired) electrons. The molecule has 0 aliphatic rings. The third-order valence-electron chi connectivity index (χ3n) is 4.27. The number of aromatic nitrogens is 3. The van der Waals surface area contributed by atoms with Crippen LogP contribution < -0.4 is 10.1 Å². The second-order valence-electron chi connectivity index (χ2n) is 6.82. The Labute approximate surface area is 171 Å². The summed E-state index contributed by atoms with van der Waals surface area (Å²) in [5.74, 6) is 0.709. The molecule has 1 unspecified atom stereocenters. The van der Waals surface area contributed by atoms with Crippen molar-refractivity contribution in [2.45, 2.75) is 26.9 Å². The van der Waals surface area contributed by atoms with Crippen LogP contribution in [-0.4, -0.2) is 52.3 Å². The quantitative estimate of drug-likeness (QED) is 0.511. The van der Waals surface area contributed by atoms with Crippen LogP contribution in [0.1, 0.15) is 19.4 Å². The molecule has 0 aliphatic carbocycles. The van der Waals surface area contributed by atoms with Gasteiger partial charge in [0.2, 0.25) is 0 Å². The van der Waals surface area contributed by atoms with Gasteiger partial charge < -0.3 is 19.9 Å². The first-order valence-electron chi connectivity index (χ1n) is 9.84. The van der Waals surface area contributed by atoms with E-state index in [4.69, 9.17) is 9.47 Å². The van der Waals surface area contributed by atoms with E-state index in [2.05, 4.69) is 22.3 Å². The standard InChI is InChI=1S/C22H28N4O3/c1-4-28-13-14-29-22-24-21(18-7-5-16(2)6-8-18)26(25-22)20-11-9-19(10-12-20)23-15-17(3)27/h5-12,17,23,27H,4,13-15H2,1-3H3. The summed E-state index contributed by atoms with van der Waals surface area (Å²) < 4.78 is 12.8. The molecule has 1 heterocycles. The van der Waals surface area contributed by atoms with Gasteiger partial charge in [-0.3, -0.25) is 0 Å². The lowest BCUT2D eigenvalue weighted by molar-refractivity contribution is 0.106. The van der Waals surface area contributed by atoms with E-state index < -0.39 is 6.10 Å². The normalized spacial score (nSPS) is 12.0. The molecule has 154 valence electrons. The van der Waals surface area contributed by atoms with E-state index in [0.717, 1.165) is 16.9 Å². The molecule has 3 aromatic rings. The fourth-order valence-electron chi connectivity index (χ4n) is 2.75. The second-order valence-corrected chi connectivity index (χ2v) is 6.82. The Hall–Kier alpha value is -2.90. The maximum Gasteiger partial charge on any atom is 0.336 e. The molecule has 7 nitrogen and oxygen atoms in total. The first-order chi connectivity index (χ1) is 14.1. The zero-order chi connectivity index (χ0) is 20.6. The highest BCUT2D eigenvalue weighted by molar-refractivity contribution is 5.60. The van der Waals surface area contributed by atoms with Crippen molar-refractivity contribution in [1.29, 1.82) is 0 Å². The van der Waals surface area contributed by atoms with Crippen molar-refractivity contribution in [2.24, 2.45) is 0 Å². The second kappa shape index (κ2) is 10.0. The van der Waals surface area contributed by atoms with Crippen LogP contribution >= 0.6 is 0 Å². The fraction of sp³-hybridized carbons (Fsp3) is 0.364. The van der Waals surface area contributed by atoms with Gasteiger partial charge in [-0.15, -0.1) is 5.10 Å². The monoisotopic (exact) mass is 396 g/mol. The summed E-state index contributed by atoms with van der Waals surface area (Å²) in [5, 5.41) is 17.2. The molecule has 1 atom stereocenters. The molecule has 0 spiro atoms. The van der Waals surface area contributed by atoms with Gasteiger partial charge in [-0.2, -0.15) is 4.98 Å². The smallest absolute Gasteiger partial charge is 0.336 e. The lowest BCUT2D eigenvalue weighted by atomic mass is 10.1. The third-order valence-corrected chi connectivity index (χ3v) is 4.27. The Morgan fingerprint density at radius 2 is 1.79 bits per heavy atom. The molecule has 29 heavy (non-hydrogen) atoms. The highest BCUT2D eigenvalue weighted by atomic mass is 16.5. The fourth-order valence-corrected chi connectivity index (χ4v) is 2.75. The van der Waals surface area contributed by atoms with Crippen LogP contribution in [0.25, 0.3) is 17.1 Å². The average Bonchev–Trinajstić information content (AvgIpc) is 3.15. The predicted molar refractivity (Wildman–Crippen MR) is 114 cm³/mol. The number of aryl methyl sites for hydroxylation is 1. The van der Waals surface area contributed by atoms with Crippen molar-refractivity contribution in [3.8, 4) is 23.1 Å². The van der Waals surface area contributed by atoms with E-state index in [1.807, 2.05) is 55.5 Å². The number of aliphatic hydroxyl groups is 1. The summed E-state index contributed by atoms with van der Waals surface area (Å²) >= 11 is 0. The maximum absolute atomic E-state index is 9.43. The van der Waals surface area contributed by atoms with Crippen LogP contribution in [0.5, 0.6) is 6.01 Å². The molecule has 2 aromatic carbocycles. The molecule has 7 heteroatoms. The van der Waals surface area contributed by atoms with Crippen LogP contribution in [0.4, 0.5) is 5.69 Å². The summed E-state index contributed by atoms with van der Waals surface area (Å²) in [6, 6.07) is 16.3. The molecule has 0 saturated carbocycles. The number of nitrogens with one attached hydrogen (secondary N) is 1. The van der Waals surface area contributed by atoms with Gasteiger partial charge in [0, 0.05) is 24.4 Å². The molecular formula is C22H28N4O3. The summed E-state index contributed by atoms with van der Waals surface area (Å²) in [6.07, 6.45) is -0.408. The van der Waals surface area contributed by atoms with Gasteiger partial charge in [0.05, 0.1) is 18.4 Å². The molecule has 0 bridgehead atoms. The summed E-state index contributed by atoms with van der Waals surface area (Å²) in [7, 11) is 0. The van der Waals surface area contributed by atoms with Gasteiger partial charge in [-0.25, -0.2) is 4.68 Å². The molecule has 0 amide bonds. The Morgan fingerprint density at radius 1 is 1.07 bits per heavy atom. The van der Waals surface area contributed by atoms with E-state index in [-0.39, 0.29) is 0 Å². The first-order valence-corrected chi connectivity index (χ1v) is 9.84. The molecule has 0 aliphatic heterocycles. The minimum Gasteiger partial charge on any atom is -0.460 e. The van der Waals surface area contributed by atoms with Crippen molar-refractivity contribution in [2.75, 3.05) is 31.7 Å². The van der Waals surface area contributed by atoms with E-state index in [9.17, 15) is 5.11 Å². The SMILES string of the molecule is CCOCCOc1nc(-c2ccc(C)cc2)n(-c2ccc(NCC(C)O)cc2)n1. The Bertz CT molecular complexity index is 889. The van der Waals surface area contributed by atoms with Gasteiger partial charge in [-0.05, 0) is 45.0 Å². The predicted octanol–water partition coefficient (Wildman–Crippen LogP) is 3.45. The van der Waals surface area contributed by atoms with E-state index in [1.54, 1.807) is 11.6 Å². The van der Waals surface area contributed by atoms with Gasteiger partial charge >= 0.3 is 6.01 Å². The van der Waals surface area contributed by atoms with Gasteiger partial charge in [-0.1, -0.05) is 29.8 Å². The molecule has 3 rings (SSSR count). The van der Waals surface area contributed by atoms with Crippen molar-refractivity contribution in [1.82, 2.24) is 14.8 Å². The molecule has 2 N–H and O–H groups in total. The van der Waals surface area contributed by atoms with Gasteiger partial charge in [0.25, 0.3) is 0 Å².